The molecule has 4 atom stereocenters. The van der Waals surface area contributed by atoms with E-state index in [9.17, 15) is 4.79 Å². The van der Waals surface area contributed by atoms with Gasteiger partial charge in [-0.05, 0) is 24.6 Å². The lowest BCUT2D eigenvalue weighted by atomic mass is 10.00. The van der Waals surface area contributed by atoms with E-state index < -0.39 is 30.0 Å². The van der Waals surface area contributed by atoms with Crippen LogP contribution in [-0.2, 0) is 25.6 Å². The predicted molar refractivity (Wildman–Crippen MR) is 135 cm³/mol. The molecule has 11 nitrogen and oxygen atoms in total. The van der Waals surface area contributed by atoms with Crippen LogP contribution in [0.1, 0.15) is 29.1 Å². The molecule has 2 aliphatic rings. The Morgan fingerprint density at radius 3 is 2.66 bits per heavy atom. The molecule has 2 fully saturated rings. The van der Waals surface area contributed by atoms with Gasteiger partial charge in [0.2, 0.25) is 11.8 Å². The highest BCUT2D eigenvalue weighted by atomic mass is 16.7. The lowest BCUT2D eigenvalue weighted by molar-refractivity contribution is -0.187. The lowest BCUT2D eigenvalue weighted by Gasteiger charge is -2.31. The van der Waals surface area contributed by atoms with E-state index in [0.717, 1.165) is 5.56 Å². The molecule has 0 radical (unpaired) electrons. The minimum Gasteiger partial charge on any atom is -0.476 e. The molecule has 2 aliphatic heterocycles. The van der Waals surface area contributed by atoms with E-state index >= 15 is 0 Å². The summed E-state index contributed by atoms with van der Waals surface area (Å²) in [6.45, 7) is 2.73. The monoisotopic (exact) mass is 517 g/mol. The number of esters is 1. The molecular formula is C27H27N5O6. The molecule has 0 saturated carbocycles. The van der Waals surface area contributed by atoms with Gasteiger partial charge in [0.1, 0.15) is 18.8 Å². The molecule has 2 bridgehead atoms. The molecule has 2 saturated heterocycles. The van der Waals surface area contributed by atoms with Crippen LogP contribution >= 0.6 is 0 Å². The molecule has 0 unspecified atom stereocenters. The first-order chi connectivity index (χ1) is 18.6. The lowest BCUT2D eigenvalue weighted by Crippen LogP contribution is -2.46. The summed E-state index contributed by atoms with van der Waals surface area (Å²) < 4.78 is 32.2. The normalized spacial score (nSPS) is 24.1. The Balaban J connectivity index is 1.31. The zero-order valence-electron chi connectivity index (χ0n) is 20.7. The van der Waals surface area contributed by atoms with E-state index in [4.69, 9.17) is 29.4 Å². The van der Waals surface area contributed by atoms with E-state index in [1.165, 1.54) is 0 Å². The highest BCUT2D eigenvalue weighted by Gasteiger charge is 2.64. The average Bonchev–Trinajstić information content (AvgIpc) is 3.61. The molecule has 4 heterocycles. The Morgan fingerprint density at radius 2 is 1.89 bits per heavy atom. The molecule has 196 valence electrons. The number of carbonyl (C=O) groups is 1. The number of hydrogen-bond acceptors (Lipinski definition) is 10. The van der Waals surface area contributed by atoms with Gasteiger partial charge in [-0.15, -0.1) is 0 Å². The van der Waals surface area contributed by atoms with Crippen LogP contribution in [0, 0.1) is 0 Å². The topological polar surface area (TPSA) is 133 Å². The number of nitrogens with zero attached hydrogens (tertiary/aromatic N) is 4. The Hall–Kier alpha value is -4.06. The largest absolute Gasteiger partial charge is 0.476 e. The Kier molecular flexibility index (Phi) is 6.40. The minimum atomic E-state index is -1.04. The van der Waals surface area contributed by atoms with Crippen molar-refractivity contribution in [1.82, 2.24) is 19.5 Å². The van der Waals surface area contributed by atoms with Crippen LogP contribution in [-0.4, -0.2) is 63.1 Å². The van der Waals surface area contributed by atoms with Crippen LogP contribution < -0.4 is 10.5 Å². The quantitative estimate of drug-likeness (QED) is 0.330. The van der Waals surface area contributed by atoms with Gasteiger partial charge in [0, 0.05) is 0 Å². The van der Waals surface area contributed by atoms with E-state index in [1.807, 2.05) is 43.3 Å². The number of hydrogen-bond donors (Lipinski definition) is 1. The van der Waals surface area contributed by atoms with E-state index in [-0.39, 0.29) is 19.2 Å². The van der Waals surface area contributed by atoms with Crippen molar-refractivity contribution in [2.45, 2.75) is 37.6 Å². The highest BCUT2D eigenvalue weighted by Crippen LogP contribution is 2.48. The fraction of sp³-hybridized carbons (Fsp3) is 0.333. The first-order valence-corrected chi connectivity index (χ1v) is 12.4. The zero-order valence-corrected chi connectivity index (χ0v) is 20.7. The van der Waals surface area contributed by atoms with Crippen molar-refractivity contribution in [2.75, 3.05) is 25.6 Å². The number of nitrogens with two attached hydrogens (primary N) is 1. The van der Waals surface area contributed by atoms with E-state index in [1.54, 1.807) is 35.2 Å². The number of rotatable bonds is 9. The van der Waals surface area contributed by atoms with Gasteiger partial charge in [-0.3, -0.25) is 4.57 Å². The number of carbonyl (C=O) groups excluding carboxylic acids is 1. The number of imidazole rings is 1. The molecule has 11 heteroatoms. The van der Waals surface area contributed by atoms with Crippen molar-refractivity contribution in [3.63, 3.8) is 0 Å². The smallest absolute Gasteiger partial charge is 0.338 e. The second-order valence-electron chi connectivity index (χ2n) is 9.15. The summed E-state index contributed by atoms with van der Waals surface area (Å²) in [5.74, 6) is -0.108. The molecular weight excluding hydrogens is 490 g/mol. The Bertz CT molecular complexity index is 1430. The fourth-order valence-electron chi connectivity index (χ4n) is 4.90. The van der Waals surface area contributed by atoms with E-state index in [2.05, 4.69) is 15.0 Å². The molecule has 2 aromatic heterocycles. The number of aromatic nitrogens is 4. The number of anilines is 1. The molecule has 38 heavy (non-hydrogen) atoms. The van der Waals surface area contributed by atoms with Gasteiger partial charge in [-0.2, -0.15) is 9.97 Å². The standard InChI is InChI=1S/C27H27N5O6/c1-2-34-23-19-22(30-26(28)31-23)32(16-29-19)24-20-21(35-13-17-9-5-3-6-10-17)27(38-24,14-36-20)15-37-25(33)18-11-7-4-8-12-18/h3-12,16,20-21,24H,2,13-15H2,1H3,(H2,28,30,31)/t20-,21+,24-,27-/m1/s1. The van der Waals surface area contributed by atoms with Crippen molar-refractivity contribution in [3.8, 4) is 5.88 Å². The van der Waals surface area contributed by atoms with Gasteiger partial charge >= 0.3 is 5.97 Å². The first-order valence-electron chi connectivity index (χ1n) is 12.4. The third-order valence-electron chi connectivity index (χ3n) is 6.66. The van der Waals surface area contributed by atoms with Crippen molar-refractivity contribution >= 4 is 23.1 Å². The third kappa shape index (κ3) is 4.34. The number of benzene rings is 2. The number of nitrogen functional groups attached to an aromatic ring is 1. The van der Waals surface area contributed by atoms with Crippen molar-refractivity contribution in [3.05, 3.63) is 78.1 Å². The fourth-order valence-corrected chi connectivity index (χ4v) is 4.90. The Labute approximate surface area is 218 Å². The molecule has 0 spiro atoms. The molecule has 2 N–H and O–H groups in total. The van der Waals surface area contributed by atoms with Crippen molar-refractivity contribution < 1.29 is 28.5 Å². The molecule has 2 aromatic carbocycles. The second kappa shape index (κ2) is 10.0. The Morgan fingerprint density at radius 1 is 1.13 bits per heavy atom. The summed E-state index contributed by atoms with van der Waals surface area (Å²) in [6, 6.07) is 18.6. The van der Waals surface area contributed by atoms with Gasteiger partial charge in [-0.1, -0.05) is 48.5 Å². The predicted octanol–water partition coefficient (Wildman–Crippen LogP) is 2.92. The average molecular weight is 518 g/mol. The zero-order chi connectivity index (χ0) is 26.1. The van der Waals surface area contributed by atoms with Crippen molar-refractivity contribution in [1.29, 1.82) is 0 Å². The molecule has 4 aromatic rings. The van der Waals surface area contributed by atoms with Gasteiger partial charge < -0.3 is 29.4 Å². The van der Waals surface area contributed by atoms with Gasteiger partial charge in [0.25, 0.3) is 0 Å². The highest BCUT2D eigenvalue weighted by molar-refractivity contribution is 5.89. The third-order valence-corrected chi connectivity index (χ3v) is 6.66. The summed E-state index contributed by atoms with van der Waals surface area (Å²) in [5.41, 5.74) is 7.28. The summed E-state index contributed by atoms with van der Waals surface area (Å²) >= 11 is 0. The van der Waals surface area contributed by atoms with Crippen LogP contribution in [0.2, 0.25) is 0 Å². The maximum atomic E-state index is 12.8. The molecule has 0 amide bonds. The number of ether oxygens (including phenoxy) is 5. The van der Waals surface area contributed by atoms with Crippen LogP contribution in [0.5, 0.6) is 5.88 Å². The summed E-state index contributed by atoms with van der Waals surface area (Å²) in [6.07, 6.45) is -0.111. The van der Waals surface area contributed by atoms with Crippen LogP contribution in [0.25, 0.3) is 11.2 Å². The summed E-state index contributed by atoms with van der Waals surface area (Å²) in [7, 11) is 0. The van der Waals surface area contributed by atoms with Crippen LogP contribution in [0.3, 0.4) is 0 Å². The van der Waals surface area contributed by atoms with Gasteiger partial charge in [-0.25, -0.2) is 9.78 Å². The maximum Gasteiger partial charge on any atom is 0.338 e. The van der Waals surface area contributed by atoms with Crippen LogP contribution in [0.15, 0.2) is 67.0 Å². The number of fused-ring (bicyclic) bond motifs is 3. The SMILES string of the molecule is CCOc1nc(N)nc2c1ncn2[C@@H]1O[C@@]2(COC(=O)c3ccccc3)CO[C@@H]1[C@@H]2OCc1ccccc1. The second-order valence-corrected chi connectivity index (χ2v) is 9.15. The first kappa shape index (κ1) is 24.3. The van der Waals surface area contributed by atoms with E-state index in [0.29, 0.717) is 35.8 Å². The minimum absolute atomic E-state index is 0.0511. The summed E-state index contributed by atoms with van der Waals surface area (Å²) in [4.78, 5) is 25.8. The maximum absolute atomic E-state index is 12.8. The van der Waals surface area contributed by atoms with Crippen molar-refractivity contribution in [2.24, 2.45) is 0 Å². The van der Waals surface area contributed by atoms with Gasteiger partial charge in [0.05, 0.1) is 31.7 Å². The molecule has 0 aliphatic carbocycles. The van der Waals surface area contributed by atoms with Crippen LogP contribution in [0.4, 0.5) is 5.95 Å². The summed E-state index contributed by atoms with van der Waals surface area (Å²) in [5, 5.41) is 0. The van der Waals surface area contributed by atoms with Gasteiger partial charge in [0.15, 0.2) is 23.0 Å². The molecule has 6 rings (SSSR count).